The first-order valence-corrected chi connectivity index (χ1v) is 12.8. The van der Waals surface area contributed by atoms with Crippen LogP contribution in [-0.2, 0) is 18.3 Å². The number of hydrogen-bond donors (Lipinski definition) is 2. The van der Waals surface area contributed by atoms with Crippen LogP contribution in [0, 0.1) is 5.82 Å². The maximum atomic E-state index is 15.1. The molecule has 14 heteroatoms. The molecule has 0 aliphatic heterocycles. The highest BCUT2D eigenvalue weighted by Crippen LogP contribution is 2.33. The lowest BCUT2D eigenvalue weighted by Gasteiger charge is -2.18. The summed E-state index contributed by atoms with van der Waals surface area (Å²) in [4.78, 5) is 33.0. The Morgan fingerprint density at radius 3 is 2.42 bits per heavy atom. The Morgan fingerprint density at radius 1 is 1.12 bits per heavy atom. The number of nitrogens with one attached hydrogen (secondary N) is 1. The van der Waals surface area contributed by atoms with E-state index in [9.17, 15) is 27.9 Å². The van der Waals surface area contributed by atoms with Gasteiger partial charge in [0.2, 0.25) is 0 Å². The predicted octanol–water partition coefficient (Wildman–Crippen LogP) is 4.94. The van der Waals surface area contributed by atoms with Crippen LogP contribution in [0.3, 0.4) is 0 Å². The van der Waals surface area contributed by atoms with E-state index in [1.807, 2.05) is 0 Å². The molecule has 1 aromatic carbocycles. The average molecular weight is 626 g/mol. The van der Waals surface area contributed by atoms with Gasteiger partial charge in [-0.25, -0.2) is 19.5 Å². The van der Waals surface area contributed by atoms with Crippen LogP contribution in [0.25, 0.3) is 22.2 Å². The first kappa shape index (κ1) is 29.3. The molecule has 3 aromatic heterocycles. The number of aromatic nitrogens is 5. The number of pyridine rings is 1. The van der Waals surface area contributed by atoms with Crippen LogP contribution in [0.2, 0.25) is 0 Å². The lowest BCUT2D eigenvalue weighted by Crippen LogP contribution is -2.26. The van der Waals surface area contributed by atoms with E-state index in [0.717, 1.165) is 12.3 Å². The van der Waals surface area contributed by atoms with Gasteiger partial charge >= 0.3 is 6.18 Å². The van der Waals surface area contributed by atoms with Crippen LogP contribution in [0.15, 0.2) is 51.0 Å². The zero-order valence-corrected chi connectivity index (χ0v) is 23.1. The molecule has 1 atom stereocenters. The minimum Gasteiger partial charge on any atom is -0.488 e. The smallest absolute Gasteiger partial charge is 0.425 e. The summed E-state index contributed by atoms with van der Waals surface area (Å²) in [5, 5.41) is 15.8. The third-order valence-corrected chi connectivity index (χ3v) is 6.80. The highest BCUT2D eigenvalue weighted by atomic mass is 79.9. The van der Waals surface area contributed by atoms with Crippen molar-refractivity contribution in [1.29, 1.82) is 0 Å². The first-order chi connectivity index (χ1) is 18.7. The number of H-pyrrole nitrogens is 1. The quantitative estimate of drug-likeness (QED) is 0.266. The third-order valence-electron chi connectivity index (χ3n) is 6.17. The number of hydrogen-bond acceptors (Lipinski definition) is 7. The highest BCUT2D eigenvalue weighted by molar-refractivity contribution is 9.10. The topological polar surface area (TPSA) is 123 Å². The third kappa shape index (κ3) is 6.22. The average Bonchev–Trinajstić information content (AvgIpc) is 2.85. The van der Waals surface area contributed by atoms with Crippen molar-refractivity contribution in [2.24, 2.45) is 0 Å². The number of aryl methyl sites for hydroxylation is 1. The zero-order valence-electron chi connectivity index (χ0n) is 21.5. The second-order valence-electron chi connectivity index (χ2n) is 9.71. The van der Waals surface area contributed by atoms with Gasteiger partial charge in [0.25, 0.3) is 11.1 Å². The summed E-state index contributed by atoms with van der Waals surface area (Å²) in [7, 11) is 0. The van der Waals surface area contributed by atoms with Crippen molar-refractivity contribution in [3.63, 3.8) is 0 Å². The summed E-state index contributed by atoms with van der Waals surface area (Å²) in [5.74, 6) is -1.31. The van der Waals surface area contributed by atoms with E-state index in [2.05, 4.69) is 31.0 Å². The molecule has 0 radical (unpaired) electrons. The molecular weight excluding hydrogens is 602 g/mol. The number of alkyl halides is 3. The van der Waals surface area contributed by atoms with Gasteiger partial charge in [-0.2, -0.15) is 18.3 Å². The van der Waals surface area contributed by atoms with E-state index in [0.29, 0.717) is 21.8 Å². The fourth-order valence-electron chi connectivity index (χ4n) is 4.05. The van der Waals surface area contributed by atoms with Gasteiger partial charge < -0.3 is 14.4 Å². The fraction of sp³-hybridized carbons (Fsp3) is 0.346. The Balaban J connectivity index is 1.52. The standard InChI is InChI=1S/C26H24BrF4N5O4/c1-13(40-20-11-34-35-23(37)21(20)26(29,30)31)5-4-6-36-12-18(27)15-7-17(19(28)8-16(15)24(36)38)22-32-9-14(10-33-22)25(2,3)39/h7-13,39H,4-6H2,1-3H3,(H,35,37). The summed E-state index contributed by atoms with van der Waals surface area (Å²) < 4.78 is 62.0. The van der Waals surface area contributed by atoms with E-state index in [4.69, 9.17) is 4.74 Å². The van der Waals surface area contributed by atoms with Crippen molar-refractivity contribution in [2.75, 3.05) is 0 Å². The molecule has 9 nitrogen and oxygen atoms in total. The van der Waals surface area contributed by atoms with E-state index in [-0.39, 0.29) is 29.7 Å². The predicted molar refractivity (Wildman–Crippen MR) is 141 cm³/mol. The van der Waals surface area contributed by atoms with Gasteiger partial charge in [0.05, 0.1) is 28.9 Å². The zero-order chi connectivity index (χ0) is 29.4. The summed E-state index contributed by atoms with van der Waals surface area (Å²) in [6.45, 7) is 4.86. The molecule has 0 saturated carbocycles. The lowest BCUT2D eigenvalue weighted by molar-refractivity contribution is -0.140. The minimum atomic E-state index is -4.92. The largest absolute Gasteiger partial charge is 0.488 e. The van der Waals surface area contributed by atoms with Gasteiger partial charge in [0, 0.05) is 40.6 Å². The van der Waals surface area contributed by atoms with Crippen LogP contribution in [0.5, 0.6) is 5.75 Å². The molecule has 0 aliphatic carbocycles. The highest BCUT2D eigenvalue weighted by Gasteiger charge is 2.38. The summed E-state index contributed by atoms with van der Waals surface area (Å²) in [6, 6.07) is 2.56. The van der Waals surface area contributed by atoms with Crippen molar-refractivity contribution in [3.05, 3.63) is 79.0 Å². The molecule has 2 N–H and O–H groups in total. The van der Waals surface area contributed by atoms with Crippen LogP contribution < -0.4 is 15.9 Å². The van der Waals surface area contributed by atoms with Gasteiger partial charge in [-0.05, 0) is 61.7 Å². The molecule has 0 bridgehead atoms. The number of ether oxygens (including phenoxy) is 1. The van der Waals surface area contributed by atoms with Crippen molar-refractivity contribution in [2.45, 2.75) is 58.0 Å². The number of fused-ring (bicyclic) bond motifs is 1. The Morgan fingerprint density at radius 2 is 1.80 bits per heavy atom. The summed E-state index contributed by atoms with van der Waals surface area (Å²) >= 11 is 3.42. The second kappa shape index (κ2) is 11.1. The molecule has 212 valence electrons. The summed E-state index contributed by atoms with van der Waals surface area (Å²) in [6.07, 6.45) is 0.0696. The first-order valence-electron chi connectivity index (χ1n) is 12.1. The SMILES string of the molecule is CC(CCCn1cc(Br)c2cc(-c3ncc(C(C)(C)O)cn3)c(F)cc2c1=O)Oc1cn[nH]c(=O)c1C(F)(F)F. The molecule has 0 aliphatic rings. The van der Waals surface area contributed by atoms with Crippen LogP contribution in [0.1, 0.15) is 44.7 Å². The van der Waals surface area contributed by atoms with E-state index in [1.54, 1.807) is 25.1 Å². The minimum absolute atomic E-state index is 0.0751. The van der Waals surface area contributed by atoms with Gasteiger partial charge in [0.15, 0.2) is 17.1 Å². The number of aliphatic hydroxyl groups is 1. The molecule has 0 saturated heterocycles. The Hall–Kier alpha value is -3.65. The molecule has 0 amide bonds. The molecule has 0 fully saturated rings. The van der Waals surface area contributed by atoms with Crippen LogP contribution >= 0.6 is 15.9 Å². The molecule has 40 heavy (non-hydrogen) atoms. The van der Waals surface area contributed by atoms with Crippen LogP contribution in [0.4, 0.5) is 17.6 Å². The number of benzene rings is 1. The maximum absolute atomic E-state index is 15.1. The maximum Gasteiger partial charge on any atom is 0.425 e. The summed E-state index contributed by atoms with van der Waals surface area (Å²) in [5.41, 5.74) is -3.97. The lowest BCUT2D eigenvalue weighted by atomic mass is 10.0. The fourth-order valence-corrected chi connectivity index (χ4v) is 4.63. The number of halogens is 5. The number of rotatable bonds is 8. The second-order valence-corrected chi connectivity index (χ2v) is 10.6. The molecule has 3 heterocycles. The van der Waals surface area contributed by atoms with Gasteiger partial charge in [-0.3, -0.25) is 9.59 Å². The number of aromatic amines is 1. The van der Waals surface area contributed by atoms with Crippen molar-refractivity contribution < 1.29 is 27.4 Å². The van der Waals surface area contributed by atoms with Crippen molar-refractivity contribution in [1.82, 2.24) is 24.7 Å². The van der Waals surface area contributed by atoms with Crippen molar-refractivity contribution >= 4 is 26.7 Å². The Bertz CT molecular complexity index is 1660. The number of nitrogens with zero attached hydrogens (tertiary/aromatic N) is 4. The van der Waals surface area contributed by atoms with Gasteiger partial charge in [0.1, 0.15) is 5.82 Å². The molecule has 0 spiro atoms. The Kier molecular flexibility index (Phi) is 8.13. The van der Waals surface area contributed by atoms with Crippen molar-refractivity contribution in [3.8, 4) is 17.1 Å². The monoisotopic (exact) mass is 625 g/mol. The molecular formula is C26H24BrF4N5O4. The molecule has 4 aromatic rings. The molecule has 1 unspecified atom stereocenters. The van der Waals surface area contributed by atoms with Gasteiger partial charge in [-0.1, -0.05) is 0 Å². The van der Waals surface area contributed by atoms with Crippen LogP contribution in [-0.4, -0.2) is 35.9 Å². The van der Waals surface area contributed by atoms with Gasteiger partial charge in [-0.15, -0.1) is 0 Å². The van der Waals surface area contributed by atoms with E-state index >= 15 is 4.39 Å². The normalized spacial score (nSPS) is 13.0. The molecule has 4 rings (SSSR count). The van der Waals surface area contributed by atoms with E-state index in [1.165, 1.54) is 30.0 Å². The van der Waals surface area contributed by atoms with E-state index < -0.39 is 46.1 Å². The Labute approximate surface area is 233 Å².